The Morgan fingerprint density at radius 1 is 1.16 bits per heavy atom. The zero-order valence-corrected chi connectivity index (χ0v) is 21.6. The van der Waals surface area contributed by atoms with Crippen LogP contribution in [-0.4, -0.2) is 44.2 Å². The summed E-state index contributed by atoms with van der Waals surface area (Å²) >= 11 is 6.37. The number of benzene rings is 2. The second-order valence-electron chi connectivity index (χ2n) is 8.29. The van der Waals surface area contributed by atoms with Crippen LogP contribution in [-0.2, 0) is 27.1 Å². The minimum absolute atomic E-state index is 0.255. The van der Waals surface area contributed by atoms with Crippen molar-refractivity contribution in [3.8, 4) is 11.5 Å². The Kier molecular flexibility index (Phi) is 8.65. The van der Waals surface area contributed by atoms with Gasteiger partial charge in [0.25, 0.3) is 0 Å². The largest absolute Gasteiger partial charge is 0.493 e. The Morgan fingerprint density at radius 3 is 2.73 bits per heavy atom. The van der Waals surface area contributed by atoms with E-state index in [4.69, 9.17) is 41.1 Å². The first-order valence-corrected chi connectivity index (χ1v) is 12.1. The van der Waals surface area contributed by atoms with Crippen LogP contribution < -0.4 is 20.7 Å². The molecule has 0 unspecified atom stereocenters. The molecule has 0 fully saturated rings. The fourth-order valence-corrected chi connectivity index (χ4v) is 4.38. The molecular formula is C26H29ClN4O6. The Labute approximate surface area is 219 Å². The van der Waals surface area contributed by atoms with Crippen molar-refractivity contribution >= 4 is 29.1 Å². The Bertz CT molecular complexity index is 1280. The molecule has 0 aliphatic carbocycles. The van der Waals surface area contributed by atoms with Crippen LogP contribution in [0.3, 0.4) is 0 Å². The van der Waals surface area contributed by atoms with Gasteiger partial charge in [-0.2, -0.15) is 0 Å². The molecule has 0 radical (unpaired) electrons. The summed E-state index contributed by atoms with van der Waals surface area (Å²) in [7, 11) is 4.52. The first-order chi connectivity index (χ1) is 18.0. The Balaban J connectivity index is 1.66. The third-order valence-electron chi connectivity index (χ3n) is 5.98. The van der Waals surface area contributed by atoms with E-state index in [9.17, 15) is 4.79 Å². The van der Waals surface area contributed by atoms with Gasteiger partial charge in [-0.05, 0) is 30.7 Å². The van der Waals surface area contributed by atoms with Crippen molar-refractivity contribution in [3.63, 3.8) is 0 Å². The van der Waals surface area contributed by atoms with Crippen molar-refractivity contribution in [1.29, 1.82) is 0 Å². The number of hydrogen-bond acceptors (Lipinski definition) is 10. The molecule has 1 aliphatic rings. The van der Waals surface area contributed by atoms with Gasteiger partial charge in [0, 0.05) is 29.0 Å². The van der Waals surface area contributed by atoms with Gasteiger partial charge in [0.1, 0.15) is 23.8 Å². The predicted octanol–water partition coefficient (Wildman–Crippen LogP) is 4.07. The summed E-state index contributed by atoms with van der Waals surface area (Å²) in [4.78, 5) is 20.5. The molecule has 2 heterocycles. The molecule has 0 bridgehead atoms. The Hall–Kier alpha value is -3.60. The summed E-state index contributed by atoms with van der Waals surface area (Å²) in [5, 5.41) is 0.536. The van der Waals surface area contributed by atoms with Gasteiger partial charge >= 0.3 is 5.97 Å². The number of esters is 1. The molecule has 3 aromatic rings. The van der Waals surface area contributed by atoms with E-state index in [1.807, 2.05) is 30.3 Å². The molecule has 1 aliphatic heterocycles. The quantitative estimate of drug-likeness (QED) is 0.240. The number of aromatic nitrogens is 1. The number of aryl methyl sites for hydroxylation is 1. The van der Waals surface area contributed by atoms with E-state index in [0.29, 0.717) is 59.0 Å². The molecule has 0 saturated carbocycles. The molecule has 2 atom stereocenters. The highest BCUT2D eigenvalue weighted by Crippen LogP contribution is 2.44. The molecule has 0 saturated heterocycles. The zero-order chi connectivity index (χ0) is 26.4. The summed E-state index contributed by atoms with van der Waals surface area (Å²) in [6.07, 6.45) is 2.09. The van der Waals surface area contributed by atoms with Crippen molar-refractivity contribution in [2.75, 3.05) is 21.3 Å². The van der Waals surface area contributed by atoms with Crippen LogP contribution in [0.15, 0.2) is 52.0 Å². The van der Waals surface area contributed by atoms with Crippen molar-refractivity contribution in [2.45, 2.75) is 37.9 Å². The third kappa shape index (κ3) is 6.04. The average Bonchev–Trinajstić information content (AvgIpc) is 3.30. The summed E-state index contributed by atoms with van der Waals surface area (Å²) in [6, 6.07) is 11.0. The third-order valence-corrected chi connectivity index (χ3v) is 6.21. The minimum Gasteiger partial charge on any atom is -0.493 e. The number of amidine groups is 1. The van der Waals surface area contributed by atoms with Crippen molar-refractivity contribution in [3.05, 3.63) is 70.4 Å². The summed E-state index contributed by atoms with van der Waals surface area (Å²) in [5.74, 6) is 8.22. The average molecular weight is 529 g/mol. The monoisotopic (exact) mass is 528 g/mol. The maximum Gasteiger partial charge on any atom is 0.305 e. The highest BCUT2D eigenvalue weighted by molar-refractivity contribution is 6.30. The lowest BCUT2D eigenvalue weighted by Gasteiger charge is -2.25. The fourth-order valence-electron chi connectivity index (χ4n) is 4.20. The number of hydrogen-bond donors (Lipinski definition) is 2. The molecular weight excluding hydrogens is 500 g/mol. The number of carbonyl (C=O) groups is 1. The van der Waals surface area contributed by atoms with Crippen LogP contribution in [0.4, 0.5) is 5.69 Å². The SMILES string of the molecule is COC(=O)CCCc1cnc(C[C@H]2O[C@H](c3cccc(OC)c3OC)c3cc(Cl)ccc3N=C2NN)o1. The van der Waals surface area contributed by atoms with Crippen molar-refractivity contribution in [2.24, 2.45) is 10.8 Å². The van der Waals surface area contributed by atoms with Gasteiger partial charge in [-0.3, -0.25) is 4.79 Å². The van der Waals surface area contributed by atoms with Crippen LogP contribution in [0, 0.1) is 0 Å². The lowest BCUT2D eigenvalue weighted by molar-refractivity contribution is -0.140. The lowest BCUT2D eigenvalue weighted by atomic mass is 9.98. The number of nitrogens with one attached hydrogen (secondary N) is 1. The lowest BCUT2D eigenvalue weighted by Crippen LogP contribution is -2.41. The Morgan fingerprint density at radius 2 is 2.00 bits per heavy atom. The number of halogens is 1. The van der Waals surface area contributed by atoms with Gasteiger partial charge in [0.15, 0.2) is 17.4 Å². The molecule has 37 heavy (non-hydrogen) atoms. The first kappa shape index (κ1) is 26.5. The molecule has 196 valence electrons. The molecule has 1 aromatic heterocycles. The summed E-state index contributed by atoms with van der Waals surface area (Å²) < 4.78 is 28.5. The number of fused-ring (bicyclic) bond motifs is 1. The summed E-state index contributed by atoms with van der Waals surface area (Å²) in [6.45, 7) is 0. The molecule has 3 N–H and O–H groups in total. The van der Waals surface area contributed by atoms with Gasteiger partial charge in [-0.15, -0.1) is 0 Å². The standard InChI is InChI=1S/C26H29ClN4O6/c1-33-20-8-5-7-17(25(20)35-3)24-18-12-15(27)10-11-19(18)30-26(31-28)21(37-24)13-22-29-14-16(36-22)6-4-9-23(32)34-2/h5,7-8,10-12,14,21,24H,4,6,9,13,28H2,1-3H3,(H,30,31)/t21-,24-/m1/s1. The van der Waals surface area contributed by atoms with Crippen molar-refractivity contribution < 1.29 is 28.2 Å². The van der Waals surface area contributed by atoms with Crippen LogP contribution >= 0.6 is 11.6 Å². The van der Waals surface area contributed by atoms with E-state index in [1.165, 1.54) is 7.11 Å². The zero-order valence-electron chi connectivity index (χ0n) is 20.8. The van der Waals surface area contributed by atoms with Gasteiger partial charge in [-0.1, -0.05) is 23.7 Å². The second-order valence-corrected chi connectivity index (χ2v) is 8.72. The molecule has 0 spiro atoms. The van der Waals surface area contributed by atoms with Crippen molar-refractivity contribution in [1.82, 2.24) is 10.4 Å². The van der Waals surface area contributed by atoms with E-state index in [0.717, 1.165) is 11.1 Å². The minimum atomic E-state index is -0.640. The second kappa shape index (κ2) is 12.1. The number of hydrazine groups is 1. The molecule has 11 heteroatoms. The number of oxazole rings is 1. The topological polar surface area (TPSA) is 130 Å². The smallest absolute Gasteiger partial charge is 0.305 e. The van der Waals surface area contributed by atoms with E-state index < -0.39 is 12.2 Å². The van der Waals surface area contributed by atoms with E-state index in [2.05, 4.69) is 15.1 Å². The predicted molar refractivity (Wildman–Crippen MR) is 137 cm³/mol. The highest BCUT2D eigenvalue weighted by Gasteiger charge is 2.33. The van der Waals surface area contributed by atoms with Crippen LogP contribution in [0.2, 0.25) is 5.02 Å². The molecule has 4 rings (SSSR count). The number of rotatable bonds is 9. The highest BCUT2D eigenvalue weighted by atomic mass is 35.5. The van der Waals surface area contributed by atoms with Crippen LogP contribution in [0.5, 0.6) is 11.5 Å². The molecule has 10 nitrogen and oxygen atoms in total. The molecule has 2 aromatic carbocycles. The van der Waals surface area contributed by atoms with Gasteiger partial charge < -0.3 is 28.8 Å². The van der Waals surface area contributed by atoms with E-state index >= 15 is 0 Å². The number of nitrogens with two attached hydrogens (primary N) is 1. The number of methoxy groups -OCH3 is 3. The summed E-state index contributed by atoms with van der Waals surface area (Å²) in [5.41, 5.74) is 4.79. The van der Waals surface area contributed by atoms with Gasteiger partial charge in [0.2, 0.25) is 0 Å². The number of nitrogens with zero attached hydrogens (tertiary/aromatic N) is 2. The van der Waals surface area contributed by atoms with Crippen LogP contribution in [0.25, 0.3) is 0 Å². The van der Waals surface area contributed by atoms with E-state index in [-0.39, 0.29) is 12.4 Å². The van der Waals surface area contributed by atoms with Gasteiger partial charge in [0.05, 0.1) is 39.6 Å². The number of aliphatic imine (C=N–C) groups is 1. The van der Waals surface area contributed by atoms with Crippen LogP contribution in [0.1, 0.15) is 41.7 Å². The molecule has 0 amide bonds. The van der Waals surface area contributed by atoms with Gasteiger partial charge in [-0.25, -0.2) is 15.8 Å². The maximum atomic E-state index is 11.4. The fraction of sp³-hybridized carbons (Fsp3) is 0.346. The number of carbonyl (C=O) groups excluding carboxylic acids is 1. The normalized spacial score (nSPS) is 16.8. The number of ether oxygens (including phenoxy) is 4. The number of para-hydroxylation sites is 1. The maximum absolute atomic E-state index is 11.4. The van der Waals surface area contributed by atoms with E-state index in [1.54, 1.807) is 26.5 Å². The first-order valence-electron chi connectivity index (χ1n) is 11.7.